The molecular formula is C10H21NO6P2. The molecule has 0 rings (SSSR count). The molecule has 0 aliphatic carbocycles. The van der Waals surface area contributed by atoms with Crippen molar-refractivity contribution in [3.8, 4) is 0 Å². The van der Waals surface area contributed by atoms with Crippen LogP contribution in [0.4, 0.5) is 0 Å². The SMILES string of the molecule is CCCCCCCCN(CO[P+](=O)[O-])CO[P+](=O)[O-]. The molecule has 0 heterocycles. The van der Waals surface area contributed by atoms with Gasteiger partial charge >= 0.3 is 16.5 Å². The summed E-state index contributed by atoms with van der Waals surface area (Å²) >= 11 is 0. The Hall–Kier alpha value is -0.0000000000000000763. The molecule has 0 fully saturated rings. The summed E-state index contributed by atoms with van der Waals surface area (Å²) in [5.41, 5.74) is 0. The first-order valence-corrected chi connectivity index (χ1v) is 8.52. The molecule has 9 heteroatoms. The maximum atomic E-state index is 10.3. The highest BCUT2D eigenvalue weighted by atomic mass is 31.1. The smallest absolute Gasteiger partial charge is 0.489 e. The third-order valence-corrected chi connectivity index (χ3v) is 3.17. The second-order valence-corrected chi connectivity index (χ2v) is 5.54. The first kappa shape index (κ1) is 19.0. The van der Waals surface area contributed by atoms with Gasteiger partial charge < -0.3 is 9.79 Å². The zero-order chi connectivity index (χ0) is 14.5. The molecule has 0 aromatic rings. The lowest BCUT2D eigenvalue weighted by atomic mass is 10.1. The van der Waals surface area contributed by atoms with E-state index >= 15 is 0 Å². The third-order valence-electron chi connectivity index (χ3n) is 2.52. The monoisotopic (exact) mass is 313 g/mol. The topological polar surface area (TPSA) is 102 Å². The largest absolute Gasteiger partial charge is 0.566 e. The van der Waals surface area contributed by atoms with Crippen LogP contribution in [-0.2, 0) is 18.2 Å². The van der Waals surface area contributed by atoms with Crippen molar-refractivity contribution >= 4 is 16.5 Å². The Kier molecular flexibility index (Phi) is 13.0. The maximum absolute atomic E-state index is 10.3. The van der Waals surface area contributed by atoms with Crippen LogP contribution in [0.25, 0.3) is 0 Å². The quantitative estimate of drug-likeness (QED) is 0.289. The predicted octanol–water partition coefficient (Wildman–Crippen LogP) is 1.63. The Morgan fingerprint density at radius 2 is 1.37 bits per heavy atom. The number of nitrogens with zero attached hydrogens (tertiary/aromatic N) is 1. The predicted molar refractivity (Wildman–Crippen MR) is 67.2 cm³/mol. The number of unbranched alkanes of at least 4 members (excludes halogenated alkanes) is 5. The Morgan fingerprint density at radius 1 is 0.895 bits per heavy atom. The van der Waals surface area contributed by atoms with Gasteiger partial charge in [0.2, 0.25) is 0 Å². The molecule has 0 spiro atoms. The van der Waals surface area contributed by atoms with Crippen LogP contribution >= 0.6 is 16.5 Å². The van der Waals surface area contributed by atoms with E-state index in [1.54, 1.807) is 0 Å². The number of hydrogen-bond acceptors (Lipinski definition) is 7. The maximum Gasteiger partial charge on any atom is 0.489 e. The third kappa shape index (κ3) is 14.2. The summed E-state index contributed by atoms with van der Waals surface area (Å²) in [4.78, 5) is 22.1. The second kappa shape index (κ2) is 13.0. The van der Waals surface area contributed by atoms with E-state index < -0.39 is 16.5 Å². The van der Waals surface area contributed by atoms with Gasteiger partial charge in [0.15, 0.2) is 13.5 Å². The summed E-state index contributed by atoms with van der Waals surface area (Å²) in [6.45, 7) is 2.32. The molecule has 0 saturated heterocycles. The van der Waals surface area contributed by atoms with Gasteiger partial charge in [-0.1, -0.05) is 39.0 Å². The molecule has 19 heavy (non-hydrogen) atoms. The van der Waals surface area contributed by atoms with Crippen LogP contribution in [0.2, 0.25) is 0 Å². The Morgan fingerprint density at radius 3 is 1.84 bits per heavy atom. The highest BCUT2D eigenvalue weighted by Crippen LogP contribution is 2.14. The number of rotatable bonds is 13. The molecule has 0 aromatic heterocycles. The normalized spacial score (nSPS) is 12.8. The van der Waals surface area contributed by atoms with Crippen molar-refractivity contribution in [2.75, 3.05) is 20.0 Å². The van der Waals surface area contributed by atoms with Crippen molar-refractivity contribution in [3.05, 3.63) is 0 Å². The van der Waals surface area contributed by atoms with Gasteiger partial charge in [-0.15, -0.1) is 9.05 Å². The molecule has 0 aromatic carbocycles. The van der Waals surface area contributed by atoms with Crippen LogP contribution in [0.15, 0.2) is 0 Å². The van der Waals surface area contributed by atoms with Crippen LogP contribution in [0.5, 0.6) is 0 Å². The molecule has 112 valence electrons. The average molecular weight is 313 g/mol. The first-order chi connectivity index (χ1) is 9.06. The summed E-state index contributed by atoms with van der Waals surface area (Å²) < 4.78 is 29.5. The summed E-state index contributed by atoms with van der Waals surface area (Å²) in [6.07, 6.45) is 6.56. The average Bonchev–Trinajstić information content (AvgIpc) is 2.35. The minimum absolute atomic E-state index is 0.184. The van der Waals surface area contributed by atoms with Crippen LogP contribution in [0, 0.1) is 0 Å². The van der Waals surface area contributed by atoms with E-state index in [2.05, 4.69) is 16.0 Å². The molecule has 7 nitrogen and oxygen atoms in total. The van der Waals surface area contributed by atoms with E-state index in [4.69, 9.17) is 0 Å². The molecule has 0 aliphatic rings. The van der Waals surface area contributed by atoms with Crippen LogP contribution in [-0.4, -0.2) is 24.9 Å². The van der Waals surface area contributed by atoms with Crippen molar-refractivity contribution in [2.24, 2.45) is 0 Å². The summed E-state index contributed by atoms with van der Waals surface area (Å²) in [5.74, 6) is 0. The van der Waals surface area contributed by atoms with Crippen molar-refractivity contribution in [2.45, 2.75) is 45.4 Å². The fraction of sp³-hybridized carbons (Fsp3) is 1.00. The minimum Gasteiger partial charge on any atom is -0.566 e. The van der Waals surface area contributed by atoms with Crippen molar-refractivity contribution < 1.29 is 28.0 Å². The van der Waals surface area contributed by atoms with Crippen molar-refractivity contribution in [1.29, 1.82) is 0 Å². The molecule has 0 bridgehead atoms. The van der Waals surface area contributed by atoms with Gasteiger partial charge in [-0.05, 0) is 15.6 Å². The molecule has 0 N–H and O–H groups in total. The van der Waals surface area contributed by atoms with Gasteiger partial charge in [0.25, 0.3) is 0 Å². The van der Waals surface area contributed by atoms with Crippen molar-refractivity contribution in [1.82, 2.24) is 4.90 Å². The lowest BCUT2D eigenvalue weighted by Crippen LogP contribution is -2.29. The summed E-state index contributed by atoms with van der Waals surface area (Å²) in [6, 6.07) is 0. The lowest BCUT2D eigenvalue weighted by molar-refractivity contribution is -0.193. The Balaban J connectivity index is 3.76. The Bertz CT molecular complexity index is 248. The molecular weight excluding hydrogens is 292 g/mol. The van der Waals surface area contributed by atoms with E-state index in [9.17, 15) is 18.9 Å². The van der Waals surface area contributed by atoms with E-state index in [1.807, 2.05) is 0 Å². The Labute approximate surface area is 115 Å². The van der Waals surface area contributed by atoms with Crippen LogP contribution < -0.4 is 9.79 Å². The molecule has 0 aliphatic heterocycles. The van der Waals surface area contributed by atoms with Gasteiger partial charge in [0.1, 0.15) is 0 Å². The van der Waals surface area contributed by atoms with Crippen LogP contribution in [0.1, 0.15) is 45.4 Å². The molecule has 0 radical (unpaired) electrons. The summed E-state index contributed by atoms with van der Waals surface area (Å²) in [5, 5.41) is 0. The lowest BCUT2D eigenvalue weighted by Gasteiger charge is -2.16. The molecule has 2 unspecified atom stereocenters. The van der Waals surface area contributed by atoms with Gasteiger partial charge in [-0.3, -0.25) is 0 Å². The highest BCUT2D eigenvalue weighted by Gasteiger charge is 2.13. The van der Waals surface area contributed by atoms with E-state index in [0.29, 0.717) is 6.54 Å². The fourth-order valence-corrected chi connectivity index (χ4v) is 2.05. The molecule has 2 atom stereocenters. The van der Waals surface area contributed by atoms with E-state index in [1.165, 1.54) is 24.2 Å². The standard InChI is InChI=1S/C10H21NO6P2/c1-2-3-4-5-6-7-8-11(9-16-18(12)13)10-17-19(14)15/h2-10H2,1H3. The molecule has 0 saturated carbocycles. The highest BCUT2D eigenvalue weighted by molar-refractivity contribution is 7.30. The minimum atomic E-state index is -2.93. The molecule has 0 amide bonds. The van der Waals surface area contributed by atoms with Gasteiger partial charge in [0.05, 0.1) is 0 Å². The number of hydrogen-bond donors (Lipinski definition) is 0. The van der Waals surface area contributed by atoms with E-state index in [0.717, 1.165) is 19.3 Å². The van der Waals surface area contributed by atoms with Gasteiger partial charge in [-0.25, -0.2) is 4.90 Å². The van der Waals surface area contributed by atoms with E-state index in [-0.39, 0.29) is 13.5 Å². The fourth-order valence-electron chi connectivity index (χ4n) is 1.54. The van der Waals surface area contributed by atoms with Gasteiger partial charge in [0, 0.05) is 6.54 Å². The summed E-state index contributed by atoms with van der Waals surface area (Å²) in [7, 11) is -5.87. The van der Waals surface area contributed by atoms with Gasteiger partial charge in [-0.2, -0.15) is 0 Å². The second-order valence-electron chi connectivity index (χ2n) is 4.13. The van der Waals surface area contributed by atoms with Crippen LogP contribution in [0.3, 0.4) is 0 Å². The zero-order valence-corrected chi connectivity index (χ0v) is 12.9. The first-order valence-electron chi connectivity index (χ1n) is 6.33. The van der Waals surface area contributed by atoms with Crippen molar-refractivity contribution in [3.63, 3.8) is 0 Å². The zero-order valence-electron chi connectivity index (χ0n) is 11.2.